The van der Waals surface area contributed by atoms with Crippen molar-refractivity contribution < 1.29 is 0 Å². The van der Waals surface area contributed by atoms with Gasteiger partial charge in [0.25, 0.3) is 0 Å². The number of hydrogen-bond donors (Lipinski definition) is 1. The monoisotopic (exact) mass is 309 g/mol. The van der Waals surface area contributed by atoms with Gasteiger partial charge in [-0.05, 0) is 21.5 Å². The Hall–Kier alpha value is -1.07. The van der Waals surface area contributed by atoms with Gasteiger partial charge in [-0.25, -0.2) is 9.97 Å². The number of thioether (sulfide) groups is 1. The van der Waals surface area contributed by atoms with E-state index >= 15 is 0 Å². The molecule has 2 N–H and O–H groups in total. The van der Waals surface area contributed by atoms with Crippen molar-refractivity contribution in [3.63, 3.8) is 0 Å². The maximum Gasteiger partial charge on any atom is 0.146 e. The Labute approximate surface area is 113 Å². The van der Waals surface area contributed by atoms with Crippen LogP contribution >= 0.6 is 27.7 Å². The summed E-state index contributed by atoms with van der Waals surface area (Å²) in [7, 11) is 0. The molecule has 0 radical (unpaired) electrons. The molecule has 5 heteroatoms. The third kappa shape index (κ3) is 3.71. The Kier molecular flexibility index (Phi) is 4.39. The zero-order valence-electron chi connectivity index (χ0n) is 9.14. The predicted molar refractivity (Wildman–Crippen MR) is 75.6 cm³/mol. The largest absolute Gasteiger partial charge is 0.382 e. The standard InChI is InChI=1S/C12H12BrN3S/c13-11-6-15-12(14)10(16-11)8-17-7-9-4-2-1-3-5-9/h1-6H,7-8H2,(H2,14,15). The molecule has 1 aromatic heterocycles. The zero-order valence-corrected chi connectivity index (χ0v) is 11.5. The van der Waals surface area contributed by atoms with Crippen LogP contribution in [0.25, 0.3) is 0 Å². The third-order valence-electron chi connectivity index (χ3n) is 2.20. The minimum absolute atomic E-state index is 0.508. The molecule has 2 aromatic rings. The number of benzene rings is 1. The molecule has 0 bridgehead atoms. The molecule has 0 unspecified atom stereocenters. The highest BCUT2D eigenvalue weighted by atomic mass is 79.9. The fourth-order valence-corrected chi connectivity index (χ4v) is 2.61. The fourth-order valence-electron chi connectivity index (χ4n) is 1.36. The Morgan fingerprint density at radius 2 is 1.94 bits per heavy atom. The van der Waals surface area contributed by atoms with Gasteiger partial charge >= 0.3 is 0 Å². The summed E-state index contributed by atoms with van der Waals surface area (Å²) in [6.07, 6.45) is 1.61. The molecule has 0 fully saturated rings. The molecule has 0 saturated carbocycles. The van der Waals surface area contributed by atoms with Gasteiger partial charge in [-0.15, -0.1) is 0 Å². The van der Waals surface area contributed by atoms with Crippen LogP contribution in [-0.2, 0) is 11.5 Å². The molecule has 1 aromatic carbocycles. The Morgan fingerprint density at radius 1 is 1.18 bits per heavy atom. The maximum absolute atomic E-state index is 5.76. The molecule has 0 aliphatic heterocycles. The van der Waals surface area contributed by atoms with Crippen molar-refractivity contribution in [1.82, 2.24) is 9.97 Å². The van der Waals surface area contributed by atoms with Crippen LogP contribution in [0.3, 0.4) is 0 Å². The number of rotatable bonds is 4. The van der Waals surface area contributed by atoms with Crippen molar-refractivity contribution in [2.75, 3.05) is 5.73 Å². The summed E-state index contributed by atoms with van der Waals surface area (Å²) in [6, 6.07) is 10.3. The minimum atomic E-state index is 0.508. The summed E-state index contributed by atoms with van der Waals surface area (Å²) in [5, 5.41) is 0. The molecular formula is C12H12BrN3S. The van der Waals surface area contributed by atoms with Crippen molar-refractivity contribution in [2.24, 2.45) is 0 Å². The second kappa shape index (κ2) is 6.02. The summed E-state index contributed by atoms with van der Waals surface area (Å²) in [4.78, 5) is 8.37. The van der Waals surface area contributed by atoms with Crippen molar-refractivity contribution in [3.05, 3.63) is 52.4 Å². The Morgan fingerprint density at radius 3 is 2.71 bits per heavy atom. The molecule has 2 rings (SSSR count). The lowest BCUT2D eigenvalue weighted by molar-refractivity contribution is 1.08. The van der Waals surface area contributed by atoms with Crippen molar-refractivity contribution in [1.29, 1.82) is 0 Å². The molecule has 88 valence electrons. The first-order valence-corrected chi connectivity index (χ1v) is 7.09. The number of hydrogen-bond acceptors (Lipinski definition) is 4. The molecule has 0 amide bonds. The van der Waals surface area contributed by atoms with E-state index in [0.29, 0.717) is 5.82 Å². The summed E-state index contributed by atoms with van der Waals surface area (Å²) >= 11 is 5.07. The fraction of sp³-hybridized carbons (Fsp3) is 0.167. The average molecular weight is 310 g/mol. The second-order valence-corrected chi connectivity index (χ2v) is 5.30. The van der Waals surface area contributed by atoms with Gasteiger partial charge < -0.3 is 5.73 Å². The lowest BCUT2D eigenvalue weighted by Gasteiger charge is -2.04. The number of nitrogen functional groups attached to an aromatic ring is 1. The van der Waals surface area contributed by atoms with E-state index in [9.17, 15) is 0 Å². The van der Waals surface area contributed by atoms with E-state index in [4.69, 9.17) is 5.73 Å². The van der Waals surface area contributed by atoms with Gasteiger partial charge in [0.05, 0.1) is 11.9 Å². The molecular weight excluding hydrogens is 298 g/mol. The first-order chi connectivity index (χ1) is 8.25. The molecule has 1 heterocycles. The first-order valence-electron chi connectivity index (χ1n) is 5.14. The molecule has 0 aliphatic carbocycles. The van der Waals surface area contributed by atoms with E-state index < -0.39 is 0 Å². The van der Waals surface area contributed by atoms with E-state index in [1.165, 1.54) is 5.56 Å². The van der Waals surface area contributed by atoms with Crippen LogP contribution < -0.4 is 5.73 Å². The minimum Gasteiger partial charge on any atom is -0.382 e. The summed E-state index contributed by atoms with van der Waals surface area (Å²) < 4.78 is 0.724. The van der Waals surface area contributed by atoms with Crippen LogP contribution in [0.5, 0.6) is 0 Å². The highest BCUT2D eigenvalue weighted by Crippen LogP contribution is 2.20. The van der Waals surface area contributed by atoms with E-state index in [1.807, 2.05) is 18.2 Å². The molecule has 3 nitrogen and oxygen atoms in total. The van der Waals surface area contributed by atoms with Crippen LogP contribution in [-0.4, -0.2) is 9.97 Å². The number of nitrogens with zero attached hydrogens (tertiary/aromatic N) is 2. The summed E-state index contributed by atoms with van der Waals surface area (Å²) in [6.45, 7) is 0. The van der Waals surface area contributed by atoms with Gasteiger partial charge in [0.1, 0.15) is 10.4 Å². The van der Waals surface area contributed by atoms with Gasteiger partial charge in [0, 0.05) is 11.5 Å². The van der Waals surface area contributed by atoms with E-state index in [2.05, 4.69) is 38.0 Å². The second-order valence-electron chi connectivity index (χ2n) is 3.50. The molecule has 0 atom stereocenters. The third-order valence-corrected chi connectivity index (χ3v) is 3.60. The van der Waals surface area contributed by atoms with Crippen LogP contribution in [0.15, 0.2) is 41.1 Å². The van der Waals surface area contributed by atoms with Crippen LogP contribution in [0.4, 0.5) is 5.82 Å². The quantitative estimate of drug-likeness (QED) is 0.942. The van der Waals surface area contributed by atoms with E-state index in [-0.39, 0.29) is 0 Å². The first kappa shape index (κ1) is 12.4. The molecule has 0 saturated heterocycles. The number of anilines is 1. The van der Waals surface area contributed by atoms with Gasteiger partial charge in [-0.1, -0.05) is 30.3 Å². The Balaban J connectivity index is 1.92. The van der Waals surface area contributed by atoms with E-state index in [1.54, 1.807) is 18.0 Å². The topological polar surface area (TPSA) is 51.8 Å². The number of nitrogens with two attached hydrogens (primary N) is 1. The summed E-state index contributed by atoms with van der Waals surface area (Å²) in [5.41, 5.74) is 7.90. The lowest BCUT2D eigenvalue weighted by Crippen LogP contribution is -2.00. The van der Waals surface area contributed by atoms with Gasteiger partial charge in [0.15, 0.2) is 0 Å². The highest BCUT2D eigenvalue weighted by Gasteiger charge is 2.03. The van der Waals surface area contributed by atoms with Gasteiger partial charge in [0.2, 0.25) is 0 Å². The summed E-state index contributed by atoms with van der Waals surface area (Å²) in [5.74, 6) is 2.23. The van der Waals surface area contributed by atoms with Crippen LogP contribution in [0.1, 0.15) is 11.3 Å². The normalized spacial score (nSPS) is 10.4. The maximum atomic E-state index is 5.76. The smallest absolute Gasteiger partial charge is 0.146 e. The van der Waals surface area contributed by atoms with Crippen molar-refractivity contribution >= 4 is 33.5 Å². The highest BCUT2D eigenvalue weighted by molar-refractivity contribution is 9.10. The number of aromatic nitrogens is 2. The molecule has 0 aliphatic rings. The predicted octanol–water partition coefficient (Wildman–Crippen LogP) is 3.25. The van der Waals surface area contributed by atoms with Crippen LogP contribution in [0, 0.1) is 0 Å². The SMILES string of the molecule is Nc1ncc(Br)nc1CSCc1ccccc1. The Bertz CT molecular complexity index is 490. The van der Waals surface area contributed by atoms with E-state index in [0.717, 1.165) is 21.8 Å². The van der Waals surface area contributed by atoms with Crippen molar-refractivity contribution in [2.45, 2.75) is 11.5 Å². The van der Waals surface area contributed by atoms with Gasteiger partial charge in [-0.2, -0.15) is 11.8 Å². The average Bonchev–Trinajstić information content (AvgIpc) is 2.35. The van der Waals surface area contributed by atoms with Gasteiger partial charge in [-0.3, -0.25) is 0 Å². The molecule has 17 heavy (non-hydrogen) atoms. The zero-order chi connectivity index (χ0) is 12.1. The molecule has 0 spiro atoms. The number of halogens is 1. The van der Waals surface area contributed by atoms with Crippen molar-refractivity contribution in [3.8, 4) is 0 Å². The lowest BCUT2D eigenvalue weighted by atomic mass is 10.2. The van der Waals surface area contributed by atoms with Crippen LogP contribution in [0.2, 0.25) is 0 Å².